The van der Waals surface area contributed by atoms with Crippen molar-refractivity contribution >= 4 is 5.97 Å². The molecule has 1 aliphatic rings. The second-order valence-electron chi connectivity index (χ2n) is 5.60. The fourth-order valence-corrected chi connectivity index (χ4v) is 2.73. The number of aryl methyl sites for hydroxylation is 2. The van der Waals surface area contributed by atoms with Crippen molar-refractivity contribution in [2.24, 2.45) is 0 Å². The Bertz CT molecular complexity index is 718. The maximum absolute atomic E-state index is 12.5. The van der Waals surface area contributed by atoms with E-state index in [2.05, 4.69) is 0 Å². The molecule has 0 radical (unpaired) electrons. The summed E-state index contributed by atoms with van der Waals surface area (Å²) >= 11 is 0. The van der Waals surface area contributed by atoms with Gasteiger partial charge in [0.05, 0.1) is 11.1 Å². The van der Waals surface area contributed by atoms with Crippen LogP contribution in [0.15, 0.2) is 42.5 Å². The minimum atomic E-state index is -4.42. The van der Waals surface area contributed by atoms with E-state index in [1.165, 1.54) is 11.1 Å². The number of hydrogen-bond donors (Lipinski definition) is 0. The second kappa shape index (κ2) is 6.07. The molecular weight excluding hydrogens is 305 g/mol. The quantitative estimate of drug-likeness (QED) is 0.587. The van der Waals surface area contributed by atoms with Gasteiger partial charge in [0, 0.05) is 0 Å². The Morgan fingerprint density at radius 2 is 1.57 bits per heavy atom. The lowest BCUT2D eigenvalue weighted by molar-refractivity contribution is -0.137. The molecule has 2 nitrogen and oxygen atoms in total. The molecule has 0 heterocycles. The monoisotopic (exact) mass is 320 g/mol. The molecule has 120 valence electrons. The number of hydrogen-bond acceptors (Lipinski definition) is 2. The van der Waals surface area contributed by atoms with Crippen LogP contribution < -0.4 is 4.74 Å². The standard InChI is InChI=1S/C18H15F3O2/c19-18(20,21)15-8-5-13(6-9-15)17(22)23-16-10-7-12-3-1-2-4-14(12)11-16/h5-11H,1-4H2. The Hall–Kier alpha value is -2.30. The van der Waals surface area contributed by atoms with E-state index >= 15 is 0 Å². The van der Waals surface area contributed by atoms with E-state index < -0.39 is 17.7 Å². The first-order chi connectivity index (χ1) is 10.9. The smallest absolute Gasteiger partial charge is 0.416 e. The van der Waals surface area contributed by atoms with Crippen molar-refractivity contribution in [3.63, 3.8) is 0 Å². The molecule has 5 heteroatoms. The summed E-state index contributed by atoms with van der Waals surface area (Å²) in [5.41, 5.74) is 1.75. The molecule has 3 rings (SSSR count). The number of benzene rings is 2. The highest BCUT2D eigenvalue weighted by Crippen LogP contribution is 2.29. The normalized spacial score (nSPS) is 14.2. The number of alkyl halides is 3. The molecule has 0 aromatic heterocycles. The summed E-state index contributed by atoms with van der Waals surface area (Å²) in [6.45, 7) is 0. The van der Waals surface area contributed by atoms with Crippen LogP contribution in [-0.4, -0.2) is 5.97 Å². The molecule has 0 atom stereocenters. The zero-order valence-corrected chi connectivity index (χ0v) is 12.3. The molecule has 0 N–H and O–H groups in total. The summed E-state index contributed by atoms with van der Waals surface area (Å²) in [6, 6.07) is 9.53. The Kier molecular flexibility index (Phi) is 4.11. The second-order valence-corrected chi connectivity index (χ2v) is 5.60. The topological polar surface area (TPSA) is 26.3 Å². The van der Waals surface area contributed by atoms with E-state index in [9.17, 15) is 18.0 Å². The van der Waals surface area contributed by atoms with Crippen LogP contribution in [0.25, 0.3) is 0 Å². The highest BCUT2D eigenvalue weighted by atomic mass is 19.4. The van der Waals surface area contributed by atoms with Gasteiger partial charge in [-0.05, 0) is 73.2 Å². The van der Waals surface area contributed by atoms with Gasteiger partial charge in [0.15, 0.2) is 0 Å². The molecule has 0 aliphatic heterocycles. The summed E-state index contributed by atoms with van der Waals surface area (Å²) in [5.74, 6) is -0.231. The lowest BCUT2D eigenvalue weighted by Gasteiger charge is -2.16. The minimum Gasteiger partial charge on any atom is -0.423 e. The largest absolute Gasteiger partial charge is 0.423 e. The van der Waals surface area contributed by atoms with E-state index in [0.29, 0.717) is 5.75 Å². The van der Waals surface area contributed by atoms with E-state index in [1.54, 1.807) is 6.07 Å². The van der Waals surface area contributed by atoms with E-state index in [1.807, 2.05) is 12.1 Å². The van der Waals surface area contributed by atoms with Crippen LogP contribution >= 0.6 is 0 Å². The first kappa shape index (κ1) is 15.6. The van der Waals surface area contributed by atoms with Gasteiger partial charge in [-0.3, -0.25) is 0 Å². The van der Waals surface area contributed by atoms with Crippen LogP contribution in [0.4, 0.5) is 13.2 Å². The third kappa shape index (κ3) is 3.55. The van der Waals surface area contributed by atoms with Gasteiger partial charge in [0.25, 0.3) is 0 Å². The fraction of sp³-hybridized carbons (Fsp3) is 0.278. The third-order valence-corrected chi connectivity index (χ3v) is 3.98. The Labute approximate surface area is 131 Å². The van der Waals surface area contributed by atoms with Gasteiger partial charge in [-0.1, -0.05) is 6.07 Å². The van der Waals surface area contributed by atoms with Crippen LogP contribution in [-0.2, 0) is 19.0 Å². The molecule has 1 aliphatic carbocycles. The van der Waals surface area contributed by atoms with Gasteiger partial charge in [0.2, 0.25) is 0 Å². The first-order valence-corrected chi connectivity index (χ1v) is 7.45. The van der Waals surface area contributed by atoms with Gasteiger partial charge < -0.3 is 4.74 Å². The fourth-order valence-electron chi connectivity index (χ4n) is 2.73. The molecule has 23 heavy (non-hydrogen) atoms. The van der Waals surface area contributed by atoms with Gasteiger partial charge >= 0.3 is 12.1 Å². The molecule has 0 bridgehead atoms. The van der Waals surface area contributed by atoms with Crippen LogP contribution in [0.1, 0.15) is 39.9 Å². The van der Waals surface area contributed by atoms with Gasteiger partial charge in [-0.2, -0.15) is 13.2 Å². The Morgan fingerprint density at radius 3 is 2.22 bits per heavy atom. The molecule has 0 saturated carbocycles. The van der Waals surface area contributed by atoms with Crippen molar-refractivity contribution < 1.29 is 22.7 Å². The first-order valence-electron chi connectivity index (χ1n) is 7.45. The zero-order chi connectivity index (χ0) is 16.4. The van der Waals surface area contributed by atoms with Crippen molar-refractivity contribution in [1.29, 1.82) is 0 Å². The lowest BCUT2D eigenvalue weighted by atomic mass is 9.92. The number of carbonyl (C=O) groups is 1. The zero-order valence-electron chi connectivity index (χ0n) is 12.3. The molecule has 2 aromatic rings. The number of esters is 1. The van der Waals surface area contributed by atoms with E-state index in [0.717, 1.165) is 49.9 Å². The number of carbonyl (C=O) groups excluding carboxylic acids is 1. The van der Waals surface area contributed by atoms with E-state index in [4.69, 9.17) is 4.74 Å². The average molecular weight is 320 g/mol. The Morgan fingerprint density at radius 1 is 0.913 bits per heavy atom. The summed E-state index contributed by atoms with van der Waals surface area (Å²) in [7, 11) is 0. The molecule has 0 saturated heterocycles. The van der Waals surface area contributed by atoms with Crippen LogP contribution in [0, 0.1) is 0 Å². The van der Waals surface area contributed by atoms with E-state index in [-0.39, 0.29) is 5.56 Å². The Balaban J connectivity index is 1.74. The van der Waals surface area contributed by atoms with Crippen LogP contribution in [0.5, 0.6) is 5.75 Å². The van der Waals surface area contributed by atoms with Crippen LogP contribution in [0.2, 0.25) is 0 Å². The molecule has 0 spiro atoms. The summed E-state index contributed by atoms with van der Waals surface area (Å²) in [6.07, 6.45) is -0.147. The molecular formula is C18H15F3O2. The predicted molar refractivity (Wildman–Crippen MR) is 79.5 cm³/mol. The lowest BCUT2D eigenvalue weighted by Crippen LogP contribution is -2.11. The van der Waals surface area contributed by atoms with Gasteiger partial charge in [0.1, 0.15) is 5.75 Å². The maximum Gasteiger partial charge on any atom is 0.416 e. The van der Waals surface area contributed by atoms with Crippen molar-refractivity contribution in [1.82, 2.24) is 0 Å². The van der Waals surface area contributed by atoms with Gasteiger partial charge in [-0.15, -0.1) is 0 Å². The van der Waals surface area contributed by atoms with Crippen molar-refractivity contribution in [3.05, 3.63) is 64.7 Å². The predicted octanol–water partition coefficient (Wildman–Crippen LogP) is 4.80. The van der Waals surface area contributed by atoms with Crippen molar-refractivity contribution in [2.75, 3.05) is 0 Å². The summed E-state index contributed by atoms with van der Waals surface area (Å²) < 4.78 is 42.8. The van der Waals surface area contributed by atoms with Crippen LogP contribution in [0.3, 0.4) is 0 Å². The number of ether oxygens (including phenoxy) is 1. The van der Waals surface area contributed by atoms with Gasteiger partial charge in [-0.25, -0.2) is 4.79 Å². The highest BCUT2D eigenvalue weighted by Gasteiger charge is 2.30. The molecule has 0 unspecified atom stereocenters. The maximum atomic E-state index is 12.5. The molecule has 2 aromatic carbocycles. The molecule has 0 amide bonds. The third-order valence-electron chi connectivity index (χ3n) is 3.98. The SMILES string of the molecule is O=C(Oc1ccc2c(c1)CCCC2)c1ccc(C(F)(F)F)cc1. The van der Waals surface area contributed by atoms with Crippen molar-refractivity contribution in [2.45, 2.75) is 31.9 Å². The summed E-state index contributed by atoms with van der Waals surface area (Å²) in [5, 5.41) is 0. The number of rotatable bonds is 2. The highest BCUT2D eigenvalue weighted by molar-refractivity contribution is 5.91. The molecule has 0 fully saturated rings. The minimum absolute atomic E-state index is 0.0933. The average Bonchev–Trinajstić information content (AvgIpc) is 2.54. The van der Waals surface area contributed by atoms with Crippen molar-refractivity contribution in [3.8, 4) is 5.75 Å². The number of halogens is 3. The summed E-state index contributed by atoms with van der Waals surface area (Å²) in [4.78, 5) is 12.0. The number of fused-ring (bicyclic) bond motifs is 1.